The van der Waals surface area contributed by atoms with Gasteiger partial charge in [-0.15, -0.1) is 16.9 Å². The van der Waals surface area contributed by atoms with E-state index in [0.29, 0.717) is 11.7 Å². The van der Waals surface area contributed by atoms with Crippen LogP contribution in [0.1, 0.15) is 6.92 Å². The number of rotatable bonds is 7. The number of fused-ring (bicyclic) bond motifs is 1. The fraction of sp³-hybridized carbons (Fsp3) is 0.250. The van der Waals surface area contributed by atoms with Crippen molar-refractivity contribution in [1.29, 1.82) is 0 Å². The van der Waals surface area contributed by atoms with Crippen LogP contribution >= 0.6 is 11.8 Å². The first kappa shape index (κ1) is 19.1. The summed E-state index contributed by atoms with van der Waals surface area (Å²) in [6.45, 7) is 6.42. The van der Waals surface area contributed by atoms with Crippen molar-refractivity contribution in [3.05, 3.63) is 61.2 Å². The van der Waals surface area contributed by atoms with Gasteiger partial charge in [-0.1, -0.05) is 23.9 Å². The third kappa shape index (κ3) is 3.61. The largest absolute Gasteiger partial charge is 0.497 e. The number of nitrogens with zero attached hydrogens (tertiary/aromatic N) is 4. The minimum atomic E-state index is -1.05. The molecule has 0 aliphatic rings. The molecule has 3 rings (SSSR count). The Hall–Kier alpha value is -2.64. The Bertz CT molecular complexity index is 952. The zero-order chi connectivity index (χ0) is 19.3. The second-order valence-corrected chi connectivity index (χ2v) is 6.44. The topological polar surface area (TPSA) is 61.5 Å². The van der Waals surface area contributed by atoms with Crippen LogP contribution in [0.2, 0.25) is 0 Å². The zero-order valence-electron chi connectivity index (χ0n) is 15.6. The molecule has 1 unspecified atom stereocenters. The lowest BCUT2D eigenvalue weighted by molar-refractivity contribution is -0.00902. The number of aromatic nitrogens is 3. The van der Waals surface area contributed by atoms with Gasteiger partial charge in [0.25, 0.3) is 0 Å². The molecule has 3 aromatic rings. The molecule has 0 spiro atoms. The number of hydrogen-bond donors (Lipinski definition) is 0. The van der Waals surface area contributed by atoms with Gasteiger partial charge in [0.15, 0.2) is 0 Å². The highest BCUT2D eigenvalue weighted by atomic mass is 32.2. The Balaban J connectivity index is 2.16. The van der Waals surface area contributed by atoms with Gasteiger partial charge in [0.2, 0.25) is 5.72 Å². The molecule has 1 atom stereocenters. The molecule has 0 radical (unpaired) electrons. The molecule has 1 heterocycles. The number of aliphatic imine (C=N–C) groups is 1. The molecule has 6 nitrogen and oxygen atoms in total. The van der Waals surface area contributed by atoms with E-state index in [1.54, 1.807) is 17.9 Å². The minimum absolute atomic E-state index is 0.461. The summed E-state index contributed by atoms with van der Waals surface area (Å²) in [5, 5.41) is 9.33. The van der Waals surface area contributed by atoms with Gasteiger partial charge < -0.3 is 9.47 Å². The van der Waals surface area contributed by atoms with E-state index in [4.69, 9.17) is 14.5 Å². The molecule has 140 valence electrons. The summed E-state index contributed by atoms with van der Waals surface area (Å²) in [4.78, 5) is 4.82. The monoisotopic (exact) mass is 382 g/mol. The second-order valence-electron chi connectivity index (χ2n) is 5.64. The molecule has 1 aromatic heterocycles. The van der Waals surface area contributed by atoms with E-state index in [0.717, 1.165) is 22.5 Å². The molecule has 0 saturated carbocycles. The second kappa shape index (κ2) is 8.37. The molecule has 0 fully saturated rings. The third-order valence-corrected chi connectivity index (χ3v) is 4.88. The summed E-state index contributed by atoms with van der Waals surface area (Å²) in [7, 11) is 1.64. The summed E-state index contributed by atoms with van der Waals surface area (Å²) in [5.41, 5.74) is 1.37. The van der Waals surface area contributed by atoms with E-state index in [9.17, 15) is 0 Å². The Labute approximate surface area is 162 Å². The van der Waals surface area contributed by atoms with Crippen molar-refractivity contribution in [2.75, 3.05) is 20.0 Å². The maximum atomic E-state index is 6.17. The van der Waals surface area contributed by atoms with Crippen LogP contribution in [-0.2, 0) is 10.5 Å². The smallest absolute Gasteiger partial charge is 0.231 e. The number of methoxy groups -OCH3 is 1. The SMILES string of the molecule is C=CC(OCC)(C(=Nc1ccc(OC)cc1)SC)n1nnc2ccccc21. The van der Waals surface area contributed by atoms with E-state index < -0.39 is 5.72 Å². The van der Waals surface area contributed by atoms with Crippen LogP contribution in [0, 0.1) is 0 Å². The fourth-order valence-corrected chi connectivity index (χ4v) is 3.54. The maximum absolute atomic E-state index is 6.17. The molecule has 2 aromatic carbocycles. The van der Waals surface area contributed by atoms with E-state index >= 15 is 0 Å². The quantitative estimate of drug-likeness (QED) is 0.344. The predicted molar refractivity (Wildman–Crippen MR) is 111 cm³/mol. The van der Waals surface area contributed by atoms with Gasteiger partial charge in [-0.3, -0.25) is 0 Å². The standard InChI is InChI=1S/C20H22N4O2S/c1-5-20(26-6-2,24-18-10-8-7-9-17(18)22-23-24)19(27-4)21-15-11-13-16(25-3)14-12-15/h5,7-14H,1,6H2,2-4H3. The molecule has 0 saturated heterocycles. The highest BCUT2D eigenvalue weighted by Crippen LogP contribution is 2.32. The van der Waals surface area contributed by atoms with Crippen LogP contribution < -0.4 is 4.74 Å². The van der Waals surface area contributed by atoms with Crippen molar-refractivity contribution in [2.45, 2.75) is 12.6 Å². The van der Waals surface area contributed by atoms with Crippen LogP contribution in [0.15, 0.2) is 66.2 Å². The summed E-state index contributed by atoms with van der Waals surface area (Å²) in [6.07, 6.45) is 3.68. The van der Waals surface area contributed by atoms with Gasteiger partial charge in [-0.05, 0) is 55.7 Å². The molecule has 0 bridgehead atoms. The maximum Gasteiger partial charge on any atom is 0.231 e. The van der Waals surface area contributed by atoms with Gasteiger partial charge in [-0.25, -0.2) is 9.67 Å². The first-order valence-corrected chi connectivity index (χ1v) is 9.76. The normalized spacial score (nSPS) is 14.1. The first-order valence-electron chi connectivity index (χ1n) is 8.54. The van der Waals surface area contributed by atoms with Crippen LogP contribution in [0.5, 0.6) is 5.75 Å². The van der Waals surface area contributed by atoms with Gasteiger partial charge in [0, 0.05) is 6.61 Å². The lowest BCUT2D eigenvalue weighted by Gasteiger charge is -2.31. The highest BCUT2D eigenvalue weighted by Gasteiger charge is 2.38. The van der Waals surface area contributed by atoms with Crippen molar-refractivity contribution >= 4 is 33.5 Å². The Kier molecular flexibility index (Phi) is 5.93. The van der Waals surface area contributed by atoms with Crippen molar-refractivity contribution in [2.24, 2.45) is 4.99 Å². The number of para-hydroxylation sites is 1. The Morgan fingerprint density at radius 2 is 2.00 bits per heavy atom. The number of hydrogen-bond acceptors (Lipinski definition) is 6. The van der Waals surface area contributed by atoms with Crippen LogP contribution in [-0.4, -0.2) is 40.0 Å². The number of thioether (sulfide) groups is 1. The lowest BCUT2D eigenvalue weighted by atomic mass is 10.2. The van der Waals surface area contributed by atoms with Crippen molar-refractivity contribution in [3.63, 3.8) is 0 Å². The Morgan fingerprint density at radius 3 is 2.63 bits per heavy atom. The molecule has 0 amide bonds. The molecule has 0 aliphatic heterocycles. The Morgan fingerprint density at radius 1 is 1.26 bits per heavy atom. The number of benzene rings is 2. The van der Waals surface area contributed by atoms with Crippen molar-refractivity contribution in [1.82, 2.24) is 15.0 Å². The average Bonchev–Trinajstić information content (AvgIpc) is 3.15. The van der Waals surface area contributed by atoms with Crippen LogP contribution in [0.3, 0.4) is 0 Å². The van der Waals surface area contributed by atoms with Gasteiger partial charge in [-0.2, -0.15) is 0 Å². The molecule has 27 heavy (non-hydrogen) atoms. The van der Waals surface area contributed by atoms with Crippen molar-refractivity contribution < 1.29 is 9.47 Å². The predicted octanol–water partition coefficient (Wildman–Crippen LogP) is 4.41. The van der Waals surface area contributed by atoms with Gasteiger partial charge in [0.05, 0.1) is 18.3 Å². The summed E-state index contributed by atoms with van der Waals surface area (Å²) < 4.78 is 13.1. The first-order chi connectivity index (χ1) is 13.2. The summed E-state index contributed by atoms with van der Waals surface area (Å²) in [6, 6.07) is 15.3. The fourth-order valence-electron chi connectivity index (χ4n) is 2.83. The summed E-state index contributed by atoms with van der Waals surface area (Å²) in [5.74, 6) is 0.779. The van der Waals surface area contributed by atoms with Gasteiger partial charge >= 0.3 is 0 Å². The van der Waals surface area contributed by atoms with Crippen molar-refractivity contribution in [3.8, 4) is 5.75 Å². The minimum Gasteiger partial charge on any atom is -0.497 e. The van der Waals surface area contributed by atoms with Gasteiger partial charge in [0.1, 0.15) is 16.3 Å². The molecule has 0 N–H and O–H groups in total. The molecule has 7 heteroatoms. The molecular formula is C20H22N4O2S. The van der Waals surface area contributed by atoms with E-state index in [1.165, 1.54) is 11.8 Å². The average molecular weight is 382 g/mol. The van der Waals surface area contributed by atoms with E-state index in [-0.39, 0.29) is 0 Å². The van der Waals surface area contributed by atoms with E-state index in [1.807, 2.05) is 61.7 Å². The van der Waals surface area contributed by atoms with Crippen LogP contribution in [0.4, 0.5) is 5.69 Å². The lowest BCUT2D eigenvalue weighted by Crippen LogP contribution is -2.42. The highest BCUT2D eigenvalue weighted by molar-refractivity contribution is 8.13. The molecular weight excluding hydrogens is 360 g/mol. The van der Waals surface area contributed by atoms with Crippen LogP contribution in [0.25, 0.3) is 11.0 Å². The zero-order valence-corrected chi connectivity index (χ0v) is 16.4. The third-order valence-electron chi connectivity index (χ3n) is 4.11. The number of ether oxygens (including phenoxy) is 2. The molecule has 0 aliphatic carbocycles. The summed E-state index contributed by atoms with van der Waals surface area (Å²) >= 11 is 1.49. The van der Waals surface area contributed by atoms with E-state index in [2.05, 4.69) is 16.9 Å².